The Hall–Kier alpha value is -1.58. The Kier molecular flexibility index (Phi) is 3.32. The van der Waals surface area contributed by atoms with Crippen LogP contribution in [0, 0.1) is 13.8 Å². The van der Waals surface area contributed by atoms with Crippen LogP contribution in [0.15, 0.2) is 42.5 Å². The number of aryl methyl sites for hydroxylation is 2. The summed E-state index contributed by atoms with van der Waals surface area (Å²) < 4.78 is 0. The first kappa shape index (κ1) is 11.9. The van der Waals surface area contributed by atoms with Crippen LogP contribution in [-0.2, 0) is 0 Å². The molecule has 2 aromatic carbocycles. The van der Waals surface area contributed by atoms with Gasteiger partial charge in [0.2, 0.25) is 0 Å². The zero-order chi connectivity index (χ0) is 12.4. The van der Waals surface area contributed by atoms with Crippen LogP contribution in [0.3, 0.4) is 0 Å². The Morgan fingerprint density at radius 3 is 2.00 bits per heavy atom. The van der Waals surface area contributed by atoms with E-state index < -0.39 is 7.12 Å². The van der Waals surface area contributed by atoms with Gasteiger partial charge >= 0.3 is 7.12 Å². The SMILES string of the molecule is Cc1ccc(-c2ccc(C)c(B(O)O)c2)cc1. The van der Waals surface area contributed by atoms with Crippen LogP contribution < -0.4 is 5.46 Å². The van der Waals surface area contributed by atoms with E-state index in [-0.39, 0.29) is 0 Å². The number of rotatable bonds is 2. The summed E-state index contributed by atoms with van der Waals surface area (Å²) in [4.78, 5) is 0. The molecule has 2 rings (SSSR count). The quantitative estimate of drug-likeness (QED) is 0.764. The fourth-order valence-electron chi connectivity index (χ4n) is 1.84. The van der Waals surface area contributed by atoms with E-state index in [1.807, 2.05) is 56.3 Å². The van der Waals surface area contributed by atoms with Crippen molar-refractivity contribution in [1.29, 1.82) is 0 Å². The van der Waals surface area contributed by atoms with Crippen molar-refractivity contribution in [3.8, 4) is 11.1 Å². The molecule has 0 spiro atoms. The molecule has 86 valence electrons. The highest BCUT2D eigenvalue weighted by Gasteiger charge is 2.14. The Bertz CT molecular complexity index is 518. The zero-order valence-corrected chi connectivity index (χ0v) is 10.0. The average Bonchev–Trinajstić information content (AvgIpc) is 2.30. The van der Waals surface area contributed by atoms with E-state index in [0.717, 1.165) is 16.7 Å². The first-order valence-electron chi connectivity index (χ1n) is 5.61. The second-order valence-electron chi connectivity index (χ2n) is 4.31. The normalized spacial score (nSPS) is 10.4. The van der Waals surface area contributed by atoms with Crippen molar-refractivity contribution >= 4 is 12.6 Å². The van der Waals surface area contributed by atoms with Gasteiger partial charge in [0.25, 0.3) is 0 Å². The molecule has 2 aromatic rings. The lowest BCUT2D eigenvalue weighted by atomic mass is 9.76. The van der Waals surface area contributed by atoms with Crippen molar-refractivity contribution in [2.24, 2.45) is 0 Å². The van der Waals surface area contributed by atoms with Gasteiger partial charge in [0.05, 0.1) is 0 Å². The maximum absolute atomic E-state index is 9.28. The first-order chi connectivity index (χ1) is 8.08. The van der Waals surface area contributed by atoms with Crippen molar-refractivity contribution < 1.29 is 10.0 Å². The highest BCUT2D eigenvalue weighted by Crippen LogP contribution is 2.19. The van der Waals surface area contributed by atoms with Crippen LogP contribution >= 0.6 is 0 Å². The molecule has 0 aliphatic carbocycles. The van der Waals surface area contributed by atoms with Gasteiger partial charge in [-0.2, -0.15) is 0 Å². The summed E-state index contributed by atoms with van der Waals surface area (Å²) in [6.45, 7) is 3.91. The largest absolute Gasteiger partial charge is 0.488 e. The highest BCUT2D eigenvalue weighted by molar-refractivity contribution is 6.59. The third-order valence-corrected chi connectivity index (χ3v) is 2.94. The number of benzene rings is 2. The maximum atomic E-state index is 9.28. The van der Waals surface area contributed by atoms with Gasteiger partial charge in [0.15, 0.2) is 0 Å². The molecule has 0 bridgehead atoms. The van der Waals surface area contributed by atoms with Gasteiger partial charge in [-0.15, -0.1) is 0 Å². The van der Waals surface area contributed by atoms with Crippen LogP contribution in [0.4, 0.5) is 0 Å². The Labute approximate surface area is 102 Å². The predicted molar refractivity (Wildman–Crippen MR) is 71.2 cm³/mol. The summed E-state index contributed by atoms with van der Waals surface area (Å²) in [6.07, 6.45) is 0. The monoisotopic (exact) mass is 226 g/mol. The molecule has 0 radical (unpaired) electrons. The molecule has 17 heavy (non-hydrogen) atoms. The van der Waals surface area contributed by atoms with Crippen LogP contribution in [-0.4, -0.2) is 17.2 Å². The summed E-state index contributed by atoms with van der Waals surface area (Å²) in [5.74, 6) is 0. The minimum atomic E-state index is -1.42. The Morgan fingerprint density at radius 2 is 1.41 bits per heavy atom. The molecule has 0 aliphatic heterocycles. The molecule has 0 amide bonds. The molecular formula is C14H15BO2. The molecule has 0 unspecified atom stereocenters. The topological polar surface area (TPSA) is 40.5 Å². The third-order valence-electron chi connectivity index (χ3n) is 2.94. The molecule has 0 atom stereocenters. The molecule has 0 heterocycles. The van der Waals surface area contributed by atoms with Gasteiger partial charge in [0, 0.05) is 0 Å². The van der Waals surface area contributed by atoms with E-state index in [2.05, 4.69) is 0 Å². The van der Waals surface area contributed by atoms with Crippen LogP contribution in [0.25, 0.3) is 11.1 Å². The predicted octanol–water partition coefficient (Wildman–Crippen LogP) is 1.65. The Balaban J connectivity index is 2.46. The molecule has 0 saturated carbocycles. The average molecular weight is 226 g/mol. The van der Waals surface area contributed by atoms with Gasteiger partial charge in [-0.1, -0.05) is 53.6 Å². The minimum Gasteiger partial charge on any atom is -0.423 e. The van der Waals surface area contributed by atoms with E-state index in [1.54, 1.807) is 0 Å². The molecule has 3 heteroatoms. The van der Waals surface area contributed by atoms with Gasteiger partial charge in [-0.25, -0.2) is 0 Å². The molecular weight excluding hydrogens is 211 g/mol. The van der Waals surface area contributed by atoms with Crippen molar-refractivity contribution in [3.63, 3.8) is 0 Å². The number of hydrogen-bond acceptors (Lipinski definition) is 2. The molecule has 2 N–H and O–H groups in total. The van der Waals surface area contributed by atoms with Crippen LogP contribution in [0.2, 0.25) is 0 Å². The molecule has 0 fully saturated rings. The molecule has 2 nitrogen and oxygen atoms in total. The summed E-state index contributed by atoms with van der Waals surface area (Å²) in [5.41, 5.74) is 4.73. The second kappa shape index (κ2) is 4.74. The molecule has 0 saturated heterocycles. The van der Waals surface area contributed by atoms with E-state index in [9.17, 15) is 10.0 Å². The minimum absolute atomic E-state index is 0.558. The summed E-state index contributed by atoms with van der Waals surface area (Å²) in [7, 11) is -1.42. The van der Waals surface area contributed by atoms with Crippen LogP contribution in [0.1, 0.15) is 11.1 Å². The van der Waals surface area contributed by atoms with E-state index >= 15 is 0 Å². The number of hydrogen-bond donors (Lipinski definition) is 2. The van der Waals surface area contributed by atoms with Crippen molar-refractivity contribution in [1.82, 2.24) is 0 Å². The summed E-state index contributed by atoms with van der Waals surface area (Å²) in [5, 5.41) is 18.6. The standard InChI is InChI=1S/C14H15BO2/c1-10-3-6-12(7-4-10)13-8-5-11(2)14(9-13)15(16)17/h3-9,16-17H,1-2H3. The molecule has 0 aromatic heterocycles. The summed E-state index contributed by atoms with van der Waals surface area (Å²) in [6, 6.07) is 13.9. The van der Waals surface area contributed by atoms with Gasteiger partial charge in [0.1, 0.15) is 0 Å². The van der Waals surface area contributed by atoms with E-state index in [1.165, 1.54) is 5.56 Å². The van der Waals surface area contributed by atoms with Crippen molar-refractivity contribution in [2.45, 2.75) is 13.8 Å². The van der Waals surface area contributed by atoms with Gasteiger partial charge < -0.3 is 10.0 Å². The van der Waals surface area contributed by atoms with Gasteiger partial charge in [-0.05, 0) is 30.4 Å². The Morgan fingerprint density at radius 1 is 0.824 bits per heavy atom. The summed E-state index contributed by atoms with van der Waals surface area (Å²) >= 11 is 0. The lowest BCUT2D eigenvalue weighted by Gasteiger charge is -2.08. The van der Waals surface area contributed by atoms with Crippen LogP contribution in [0.5, 0.6) is 0 Å². The highest BCUT2D eigenvalue weighted by atomic mass is 16.4. The van der Waals surface area contributed by atoms with Gasteiger partial charge in [-0.3, -0.25) is 0 Å². The maximum Gasteiger partial charge on any atom is 0.488 e. The van der Waals surface area contributed by atoms with E-state index in [0.29, 0.717) is 5.46 Å². The zero-order valence-electron chi connectivity index (χ0n) is 10.0. The lowest BCUT2D eigenvalue weighted by molar-refractivity contribution is 0.425. The lowest BCUT2D eigenvalue weighted by Crippen LogP contribution is -2.32. The van der Waals surface area contributed by atoms with Crippen molar-refractivity contribution in [2.75, 3.05) is 0 Å². The first-order valence-corrected chi connectivity index (χ1v) is 5.61. The third kappa shape index (κ3) is 2.57. The molecule has 0 aliphatic rings. The fraction of sp³-hybridized carbons (Fsp3) is 0.143. The smallest absolute Gasteiger partial charge is 0.423 e. The second-order valence-corrected chi connectivity index (χ2v) is 4.31. The van der Waals surface area contributed by atoms with Crippen molar-refractivity contribution in [3.05, 3.63) is 53.6 Å². The fourth-order valence-corrected chi connectivity index (χ4v) is 1.84. The van der Waals surface area contributed by atoms with E-state index in [4.69, 9.17) is 0 Å².